The van der Waals surface area contributed by atoms with E-state index >= 15 is 0 Å². The molecule has 1 unspecified atom stereocenters. The average molecular weight is 575 g/mol. The smallest absolute Gasteiger partial charge is 0.243 e. The van der Waals surface area contributed by atoms with Crippen LogP contribution in [0.15, 0.2) is 47.4 Å². The number of halogens is 3. The van der Waals surface area contributed by atoms with Gasteiger partial charge in [0.05, 0.1) is 21.5 Å². The van der Waals surface area contributed by atoms with Gasteiger partial charge in [-0.05, 0) is 61.7 Å². The number of hydrogen-bond acceptors (Lipinski definition) is 4. The number of benzene rings is 2. The standard InChI is InChI=1S/C25H30Cl3N3O4S/c1-17(25(33)29-20-6-4-3-5-7-20)31(15-18-8-13-22(27)23(28)14-18)24(32)16-30(2)36(34,35)21-11-9-19(26)10-12-21/h8-14,17,20H,3-7,15-16H2,1-2H3,(H,29,33). The number of amides is 2. The zero-order chi connectivity index (χ0) is 26.5. The molecule has 0 saturated heterocycles. The molecule has 1 N–H and O–H groups in total. The van der Waals surface area contributed by atoms with Crippen molar-refractivity contribution in [2.24, 2.45) is 0 Å². The Bertz CT molecular complexity index is 1190. The molecule has 1 saturated carbocycles. The van der Waals surface area contributed by atoms with E-state index in [0.29, 0.717) is 20.6 Å². The number of nitrogens with zero attached hydrogens (tertiary/aromatic N) is 2. The molecule has 0 spiro atoms. The van der Waals surface area contributed by atoms with Crippen molar-refractivity contribution in [3.63, 3.8) is 0 Å². The summed E-state index contributed by atoms with van der Waals surface area (Å²) in [5.41, 5.74) is 0.665. The van der Waals surface area contributed by atoms with Crippen LogP contribution in [0.2, 0.25) is 15.1 Å². The molecular formula is C25H30Cl3N3O4S. The predicted octanol–water partition coefficient (Wildman–Crippen LogP) is 5.13. The second-order valence-corrected chi connectivity index (χ2v) is 12.3. The van der Waals surface area contributed by atoms with Gasteiger partial charge in [0.2, 0.25) is 21.8 Å². The first-order valence-corrected chi connectivity index (χ1v) is 14.3. The monoisotopic (exact) mass is 573 g/mol. The Labute approximate surface area is 227 Å². The fourth-order valence-electron chi connectivity index (χ4n) is 4.14. The number of sulfonamides is 1. The normalized spacial score (nSPS) is 15.5. The van der Waals surface area contributed by atoms with Crippen molar-refractivity contribution in [2.75, 3.05) is 13.6 Å². The van der Waals surface area contributed by atoms with Crippen LogP contribution in [0.4, 0.5) is 0 Å². The first kappa shape index (κ1) is 28.7. The SMILES string of the molecule is CC(C(=O)NC1CCCCC1)N(Cc1ccc(Cl)c(Cl)c1)C(=O)CN(C)S(=O)(=O)c1ccc(Cl)cc1. The van der Waals surface area contributed by atoms with Crippen LogP contribution in [0.5, 0.6) is 0 Å². The van der Waals surface area contributed by atoms with Crippen LogP contribution in [0.1, 0.15) is 44.6 Å². The van der Waals surface area contributed by atoms with Crippen molar-refractivity contribution in [1.82, 2.24) is 14.5 Å². The molecule has 11 heteroatoms. The number of rotatable bonds is 9. The summed E-state index contributed by atoms with van der Waals surface area (Å²) in [6.45, 7) is 1.25. The van der Waals surface area contributed by atoms with Crippen LogP contribution in [-0.4, -0.2) is 55.1 Å². The van der Waals surface area contributed by atoms with E-state index in [1.54, 1.807) is 25.1 Å². The van der Waals surface area contributed by atoms with Gasteiger partial charge in [0.25, 0.3) is 0 Å². The molecule has 1 aliphatic rings. The summed E-state index contributed by atoms with van der Waals surface area (Å²) in [6, 6.07) is 9.91. The molecule has 0 heterocycles. The molecule has 2 aromatic rings. The second-order valence-electron chi connectivity index (χ2n) is 9.00. The van der Waals surface area contributed by atoms with Crippen LogP contribution in [0.25, 0.3) is 0 Å². The minimum absolute atomic E-state index is 0.0151. The summed E-state index contributed by atoms with van der Waals surface area (Å²) in [6.07, 6.45) is 5.07. The third kappa shape index (κ3) is 7.35. The van der Waals surface area contributed by atoms with E-state index in [1.165, 1.54) is 36.2 Å². The van der Waals surface area contributed by atoms with Crippen LogP contribution >= 0.6 is 34.8 Å². The highest BCUT2D eigenvalue weighted by Gasteiger charge is 2.31. The summed E-state index contributed by atoms with van der Waals surface area (Å²) < 4.78 is 27.0. The zero-order valence-corrected chi connectivity index (χ0v) is 23.3. The number of carbonyl (C=O) groups excluding carboxylic acids is 2. The van der Waals surface area contributed by atoms with Crippen molar-refractivity contribution in [2.45, 2.75) is 62.6 Å². The molecule has 0 aliphatic heterocycles. The van der Waals surface area contributed by atoms with E-state index in [1.807, 2.05) is 0 Å². The van der Waals surface area contributed by atoms with Gasteiger partial charge in [0.1, 0.15) is 6.04 Å². The Hall–Kier alpha value is -1.84. The average Bonchev–Trinajstić information content (AvgIpc) is 2.85. The molecule has 3 rings (SSSR count). The van der Waals surface area contributed by atoms with Crippen molar-refractivity contribution >= 4 is 56.6 Å². The molecule has 7 nitrogen and oxygen atoms in total. The van der Waals surface area contributed by atoms with Gasteiger partial charge in [-0.2, -0.15) is 4.31 Å². The van der Waals surface area contributed by atoms with Gasteiger partial charge < -0.3 is 10.2 Å². The molecule has 2 amide bonds. The molecule has 36 heavy (non-hydrogen) atoms. The van der Waals surface area contributed by atoms with E-state index in [2.05, 4.69) is 5.32 Å². The van der Waals surface area contributed by atoms with E-state index in [0.717, 1.165) is 36.4 Å². The first-order valence-electron chi connectivity index (χ1n) is 11.7. The Morgan fingerprint density at radius 2 is 1.64 bits per heavy atom. The highest BCUT2D eigenvalue weighted by molar-refractivity contribution is 7.89. The topological polar surface area (TPSA) is 86.8 Å². The van der Waals surface area contributed by atoms with Crippen molar-refractivity contribution in [3.8, 4) is 0 Å². The molecular weight excluding hydrogens is 545 g/mol. The van der Waals surface area contributed by atoms with E-state index < -0.39 is 28.5 Å². The summed E-state index contributed by atoms with van der Waals surface area (Å²) in [5, 5.41) is 4.14. The lowest BCUT2D eigenvalue weighted by atomic mass is 9.95. The van der Waals surface area contributed by atoms with Crippen molar-refractivity contribution in [3.05, 3.63) is 63.1 Å². The summed E-state index contributed by atoms with van der Waals surface area (Å²) in [4.78, 5) is 27.9. The van der Waals surface area contributed by atoms with E-state index in [-0.39, 0.29) is 23.4 Å². The molecule has 0 radical (unpaired) electrons. The minimum Gasteiger partial charge on any atom is -0.352 e. The molecule has 1 aliphatic carbocycles. The highest BCUT2D eigenvalue weighted by Crippen LogP contribution is 2.24. The van der Waals surface area contributed by atoms with Crippen LogP contribution < -0.4 is 5.32 Å². The molecule has 0 bridgehead atoms. The molecule has 1 fully saturated rings. The lowest BCUT2D eigenvalue weighted by molar-refractivity contribution is -0.141. The quantitative estimate of drug-likeness (QED) is 0.450. The van der Waals surface area contributed by atoms with Crippen LogP contribution in [-0.2, 0) is 26.2 Å². The van der Waals surface area contributed by atoms with Crippen molar-refractivity contribution in [1.29, 1.82) is 0 Å². The summed E-state index contributed by atoms with van der Waals surface area (Å²) in [5.74, 6) is -0.800. The lowest BCUT2D eigenvalue weighted by Gasteiger charge is -2.32. The van der Waals surface area contributed by atoms with Gasteiger partial charge in [-0.15, -0.1) is 0 Å². The number of nitrogens with one attached hydrogen (secondary N) is 1. The van der Waals surface area contributed by atoms with Crippen LogP contribution in [0.3, 0.4) is 0 Å². The number of hydrogen-bond donors (Lipinski definition) is 1. The van der Waals surface area contributed by atoms with Gasteiger partial charge >= 0.3 is 0 Å². The highest BCUT2D eigenvalue weighted by atomic mass is 35.5. The summed E-state index contributed by atoms with van der Waals surface area (Å²) >= 11 is 18.1. The minimum atomic E-state index is -3.95. The Balaban J connectivity index is 1.81. The third-order valence-corrected chi connectivity index (χ3v) is 9.14. The molecule has 1 atom stereocenters. The third-order valence-electron chi connectivity index (χ3n) is 6.34. The first-order chi connectivity index (χ1) is 17.0. The Morgan fingerprint density at radius 3 is 2.25 bits per heavy atom. The molecule has 2 aromatic carbocycles. The largest absolute Gasteiger partial charge is 0.352 e. The van der Waals surface area contributed by atoms with Crippen LogP contribution in [0, 0.1) is 0 Å². The van der Waals surface area contributed by atoms with Gasteiger partial charge in [-0.3, -0.25) is 9.59 Å². The van der Waals surface area contributed by atoms with Gasteiger partial charge in [0.15, 0.2) is 0 Å². The van der Waals surface area contributed by atoms with Gasteiger partial charge in [-0.1, -0.05) is 60.1 Å². The predicted molar refractivity (Wildman–Crippen MR) is 143 cm³/mol. The molecule has 196 valence electrons. The Morgan fingerprint density at radius 1 is 1.00 bits per heavy atom. The fourth-order valence-corrected chi connectivity index (χ4v) is 5.71. The lowest BCUT2D eigenvalue weighted by Crippen LogP contribution is -2.52. The van der Waals surface area contributed by atoms with E-state index in [4.69, 9.17) is 34.8 Å². The van der Waals surface area contributed by atoms with E-state index in [9.17, 15) is 18.0 Å². The fraction of sp³-hybridized carbons (Fsp3) is 0.440. The maximum absolute atomic E-state index is 13.4. The molecule has 0 aromatic heterocycles. The Kier molecular flexibility index (Phi) is 10.1. The van der Waals surface area contributed by atoms with Gasteiger partial charge in [-0.25, -0.2) is 8.42 Å². The zero-order valence-electron chi connectivity index (χ0n) is 20.2. The summed E-state index contributed by atoms with van der Waals surface area (Å²) in [7, 11) is -2.62. The van der Waals surface area contributed by atoms with Crippen molar-refractivity contribution < 1.29 is 18.0 Å². The number of likely N-dealkylation sites (N-methyl/N-ethyl adjacent to an activating group) is 1. The maximum Gasteiger partial charge on any atom is 0.243 e. The second kappa shape index (κ2) is 12.6. The van der Waals surface area contributed by atoms with Gasteiger partial charge in [0, 0.05) is 24.7 Å². The maximum atomic E-state index is 13.4. The number of carbonyl (C=O) groups is 2.